The number of nitrogens with two attached hydrogens (primary N) is 1. The molecule has 8 heteroatoms. The third kappa shape index (κ3) is 4.07. The number of nitrogens with zero attached hydrogens (tertiary/aromatic N) is 4. The lowest BCUT2D eigenvalue weighted by Crippen LogP contribution is -2.35. The Morgan fingerprint density at radius 1 is 1.80 bits per heavy atom. The van der Waals surface area contributed by atoms with Gasteiger partial charge in [-0.25, -0.2) is 0 Å². The van der Waals surface area contributed by atoms with Gasteiger partial charge in [0.15, 0.2) is 5.96 Å². The van der Waals surface area contributed by atoms with Gasteiger partial charge in [0.1, 0.15) is 6.61 Å². The summed E-state index contributed by atoms with van der Waals surface area (Å²) in [7, 11) is 0. The van der Waals surface area contributed by atoms with Gasteiger partial charge < -0.3 is 15.5 Å². The van der Waals surface area contributed by atoms with E-state index in [0.29, 0.717) is 6.54 Å². The van der Waals surface area contributed by atoms with E-state index in [1.165, 1.54) is 0 Å². The maximum atomic E-state index is 9.81. The van der Waals surface area contributed by atoms with Crippen LogP contribution in [0, 0.1) is 10.1 Å². The third-order valence-corrected chi connectivity index (χ3v) is 1.57. The van der Waals surface area contributed by atoms with E-state index in [4.69, 9.17) is 5.73 Å². The maximum Gasteiger partial charge on any atom is 0.294 e. The summed E-state index contributed by atoms with van der Waals surface area (Å²) in [5.41, 5.74) is 5.60. The van der Waals surface area contributed by atoms with Gasteiger partial charge in [0.2, 0.25) is 0 Å². The molecule has 0 radical (unpaired) electrons. The topological polar surface area (TPSA) is 106 Å². The molecule has 0 aromatic carbocycles. The van der Waals surface area contributed by atoms with Gasteiger partial charge in [-0.15, -0.1) is 10.1 Å². The zero-order valence-corrected chi connectivity index (χ0v) is 7.94. The number of aliphatic imine (C=N–C) groups is 2. The summed E-state index contributed by atoms with van der Waals surface area (Å²) >= 11 is 0. The van der Waals surface area contributed by atoms with Gasteiger partial charge >= 0.3 is 0 Å². The normalized spacial score (nSPS) is 15.5. The molecule has 0 aromatic rings. The first-order valence-electron chi connectivity index (χ1n) is 4.22. The number of rotatable bonds is 4. The molecule has 0 atom stereocenters. The molecular formula is C7H11N5O3. The van der Waals surface area contributed by atoms with Gasteiger partial charge in [-0.1, -0.05) is 0 Å². The molecule has 8 nitrogen and oxygen atoms in total. The summed E-state index contributed by atoms with van der Waals surface area (Å²) in [5.74, 6) is 0.282. The largest absolute Gasteiger partial charge is 0.370 e. The van der Waals surface area contributed by atoms with E-state index in [1.807, 2.05) is 0 Å². The van der Waals surface area contributed by atoms with Crippen LogP contribution in [0.15, 0.2) is 22.4 Å². The van der Waals surface area contributed by atoms with Crippen LogP contribution in [0.4, 0.5) is 0 Å². The van der Waals surface area contributed by atoms with E-state index in [2.05, 4.69) is 14.8 Å². The Hall–Kier alpha value is -2.12. The minimum Gasteiger partial charge on any atom is -0.370 e. The molecule has 2 N–H and O–H groups in total. The maximum absolute atomic E-state index is 9.81. The van der Waals surface area contributed by atoms with E-state index in [0.717, 1.165) is 0 Å². The molecule has 1 aliphatic rings. The highest BCUT2D eigenvalue weighted by Gasteiger charge is 2.04. The van der Waals surface area contributed by atoms with Gasteiger partial charge in [-0.3, -0.25) is 9.98 Å². The molecule has 15 heavy (non-hydrogen) atoms. The summed E-state index contributed by atoms with van der Waals surface area (Å²) in [6, 6.07) is 0. The monoisotopic (exact) mass is 213 g/mol. The van der Waals surface area contributed by atoms with Crippen molar-refractivity contribution in [2.45, 2.75) is 0 Å². The van der Waals surface area contributed by atoms with E-state index >= 15 is 0 Å². The highest BCUT2D eigenvalue weighted by atomic mass is 16.9. The summed E-state index contributed by atoms with van der Waals surface area (Å²) in [5, 5.41) is 8.95. The van der Waals surface area contributed by atoms with Crippen LogP contribution in [0.2, 0.25) is 0 Å². The summed E-state index contributed by atoms with van der Waals surface area (Å²) in [4.78, 5) is 23.3. The van der Waals surface area contributed by atoms with E-state index in [9.17, 15) is 10.1 Å². The molecule has 0 bridgehead atoms. The Morgan fingerprint density at radius 2 is 2.60 bits per heavy atom. The predicted octanol–water partition coefficient (Wildman–Crippen LogP) is -0.633. The van der Waals surface area contributed by atoms with Crippen molar-refractivity contribution < 1.29 is 9.92 Å². The lowest BCUT2D eigenvalue weighted by molar-refractivity contribution is -0.757. The first kappa shape index (κ1) is 11.0. The van der Waals surface area contributed by atoms with Crippen molar-refractivity contribution in [2.24, 2.45) is 15.7 Å². The fraction of sp³-hybridized carbons (Fsp3) is 0.429. The number of hydrogen-bond donors (Lipinski definition) is 1. The number of guanidine groups is 1. The van der Waals surface area contributed by atoms with Crippen LogP contribution in [0.25, 0.3) is 0 Å². The van der Waals surface area contributed by atoms with Gasteiger partial charge in [0.05, 0.1) is 13.1 Å². The molecule has 82 valence electrons. The van der Waals surface area contributed by atoms with Gasteiger partial charge in [-0.05, 0) is 0 Å². The zero-order valence-electron chi connectivity index (χ0n) is 7.94. The highest BCUT2D eigenvalue weighted by molar-refractivity contribution is 5.82. The zero-order chi connectivity index (χ0) is 11.1. The average Bonchev–Trinajstić information content (AvgIpc) is 2.25. The van der Waals surface area contributed by atoms with Crippen LogP contribution < -0.4 is 5.73 Å². The number of hydrogen-bond acceptors (Lipinski definition) is 5. The second-order valence-corrected chi connectivity index (χ2v) is 2.58. The molecule has 1 rings (SSSR count). The molecule has 0 spiro atoms. The highest BCUT2D eigenvalue weighted by Crippen LogP contribution is 1.94. The molecule has 0 aromatic heterocycles. The summed E-state index contributed by atoms with van der Waals surface area (Å²) < 4.78 is 0. The van der Waals surface area contributed by atoms with Crippen LogP contribution in [0.5, 0.6) is 0 Å². The lowest BCUT2D eigenvalue weighted by Gasteiger charge is -2.18. The first-order chi connectivity index (χ1) is 7.20. The van der Waals surface area contributed by atoms with Crippen LogP contribution in [-0.2, 0) is 4.84 Å². The SMILES string of the molecule is NC(=NCCO[N+](=O)[O-])N1C=CN=CC1. The molecular weight excluding hydrogens is 202 g/mol. The van der Waals surface area contributed by atoms with Crippen LogP contribution in [-0.4, -0.2) is 41.9 Å². The first-order valence-corrected chi connectivity index (χ1v) is 4.22. The van der Waals surface area contributed by atoms with Gasteiger partial charge in [0.25, 0.3) is 5.09 Å². The summed E-state index contributed by atoms with van der Waals surface area (Å²) in [6.45, 7) is 0.593. The van der Waals surface area contributed by atoms with Crippen LogP contribution in [0.1, 0.15) is 0 Å². The van der Waals surface area contributed by atoms with Crippen molar-refractivity contribution in [2.75, 3.05) is 19.7 Å². The Bertz CT molecular complexity index is 312. The minimum atomic E-state index is -0.862. The Balaban J connectivity index is 2.29. The van der Waals surface area contributed by atoms with E-state index < -0.39 is 5.09 Å². The lowest BCUT2D eigenvalue weighted by atomic mass is 10.5. The van der Waals surface area contributed by atoms with Crippen molar-refractivity contribution in [3.63, 3.8) is 0 Å². The molecule has 1 aliphatic heterocycles. The molecule has 0 amide bonds. The van der Waals surface area contributed by atoms with Gasteiger partial charge in [-0.2, -0.15) is 0 Å². The van der Waals surface area contributed by atoms with Gasteiger partial charge in [0, 0.05) is 18.6 Å². The Kier molecular flexibility index (Phi) is 4.07. The second kappa shape index (κ2) is 5.58. The van der Waals surface area contributed by atoms with E-state index in [1.54, 1.807) is 23.5 Å². The average molecular weight is 213 g/mol. The van der Waals surface area contributed by atoms with E-state index in [-0.39, 0.29) is 19.1 Å². The molecule has 0 fully saturated rings. The van der Waals surface area contributed by atoms with Crippen molar-refractivity contribution in [3.05, 3.63) is 22.5 Å². The molecule has 0 saturated heterocycles. The van der Waals surface area contributed by atoms with Crippen molar-refractivity contribution in [1.82, 2.24) is 4.90 Å². The second-order valence-electron chi connectivity index (χ2n) is 2.58. The smallest absolute Gasteiger partial charge is 0.294 e. The third-order valence-electron chi connectivity index (χ3n) is 1.57. The van der Waals surface area contributed by atoms with Crippen LogP contribution in [0.3, 0.4) is 0 Å². The fourth-order valence-corrected chi connectivity index (χ4v) is 0.912. The fourth-order valence-electron chi connectivity index (χ4n) is 0.912. The van der Waals surface area contributed by atoms with Crippen molar-refractivity contribution in [3.8, 4) is 0 Å². The Morgan fingerprint density at radius 3 is 3.20 bits per heavy atom. The predicted molar refractivity (Wildman–Crippen MR) is 53.8 cm³/mol. The molecule has 1 heterocycles. The molecule has 0 unspecified atom stereocenters. The van der Waals surface area contributed by atoms with Crippen molar-refractivity contribution >= 4 is 12.2 Å². The quantitative estimate of drug-likeness (QED) is 0.220. The van der Waals surface area contributed by atoms with Crippen molar-refractivity contribution in [1.29, 1.82) is 0 Å². The molecule has 0 saturated carbocycles. The Labute approximate surface area is 85.8 Å². The molecule has 0 aliphatic carbocycles. The van der Waals surface area contributed by atoms with Crippen LogP contribution >= 0.6 is 0 Å². The summed E-state index contributed by atoms with van der Waals surface area (Å²) in [6.07, 6.45) is 4.93. The standard InChI is InChI=1S/C7H11N5O3/c8-7(10-3-6-15-12(13)14)11-4-1-9-2-5-11/h1-2,4H,3,5-6H2,(H2,8,10). The minimum absolute atomic E-state index is 0.0979.